The average molecular weight is 603 g/mol. The van der Waals surface area contributed by atoms with E-state index in [-0.39, 0.29) is 36.1 Å². The van der Waals surface area contributed by atoms with Crippen molar-refractivity contribution in [3.63, 3.8) is 0 Å². The van der Waals surface area contributed by atoms with Crippen molar-refractivity contribution in [2.75, 3.05) is 0 Å². The highest BCUT2D eigenvalue weighted by atomic mass is 16.7. The Balaban J connectivity index is 1.23. The first-order valence-electron chi connectivity index (χ1n) is 14.0. The average Bonchev–Trinajstić information content (AvgIpc) is 3.34. The number of amides is 3. The number of nitrogens with zero attached hydrogens (tertiary/aromatic N) is 1. The Labute approximate surface area is 256 Å². The summed E-state index contributed by atoms with van der Waals surface area (Å²) >= 11 is 0. The molecular formula is C35H26N2O8. The van der Waals surface area contributed by atoms with Crippen LogP contribution in [0, 0.1) is 6.92 Å². The number of carbonyl (C=O) groups is 5. The van der Waals surface area contributed by atoms with Crippen LogP contribution in [0.5, 0.6) is 11.5 Å². The number of hydrogen-bond acceptors (Lipinski definition) is 7. The van der Waals surface area contributed by atoms with Crippen molar-refractivity contribution < 1.29 is 38.7 Å². The predicted molar refractivity (Wildman–Crippen MR) is 162 cm³/mol. The lowest BCUT2D eigenvalue weighted by Gasteiger charge is -2.22. The summed E-state index contributed by atoms with van der Waals surface area (Å²) in [5.41, 5.74) is 3.70. The molecular weight excluding hydrogens is 576 g/mol. The number of aromatic carboxylic acids is 1. The van der Waals surface area contributed by atoms with Crippen molar-refractivity contribution in [3.05, 3.63) is 128 Å². The quantitative estimate of drug-likeness (QED) is 0.270. The molecule has 2 aliphatic heterocycles. The largest absolute Gasteiger partial charge is 0.478 e. The number of hydroxylamine groups is 2. The van der Waals surface area contributed by atoms with Gasteiger partial charge in [-0.25, -0.2) is 9.59 Å². The van der Waals surface area contributed by atoms with Crippen LogP contribution < -0.4 is 20.5 Å². The fraction of sp³-hybridized carbons (Fsp3) is 0.114. The number of carboxylic acids is 1. The van der Waals surface area contributed by atoms with E-state index in [1.54, 1.807) is 30.3 Å². The lowest BCUT2D eigenvalue weighted by molar-refractivity contribution is -0.172. The number of hydrogen-bond donors (Lipinski definition) is 2. The van der Waals surface area contributed by atoms with Gasteiger partial charge < -0.3 is 20.0 Å². The molecule has 0 aliphatic carbocycles. The number of fused-ring (bicyclic) bond motifs is 2. The van der Waals surface area contributed by atoms with E-state index in [1.165, 1.54) is 18.2 Å². The van der Waals surface area contributed by atoms with Gasteiger partial charge in [0.1, 0.15) is 11.5 Å². The van der Waals surface area contributed by atoms with Gasteiger partial charge >= 0.3 is 11.9 Å². The third kappa shape index (κ3) is 5.68. The van der Waals surface area contributed by atoms with E-state index in [0.29, 0.717) is 38.5 Å². The van der Waals surface area contributed by atoms with Crippen molar-refractivity contribution in [2.45, 2.75) is 26.3 Å². The molecule has 3 amide bonds. The van der Waals surface area contributed by atoms with Crippen LogP contribution in [0.4, 0.5) is 0 Å². The second kappa shape index (κ2) is 11.6. The molecule has 0 unspecified atom stereocenters. The lowest BCUT2D eigenvalue weighted by atomic mass is 9.88. The molecule has 4 aromatic rings. The summed E-state index contributed by atoms with van der Waals surface area (Å²) < 4.78 is 6.16. The molecule has 6 rings (SSSR count). The molecule has 4 aromatic carbocycles. The molecule has 2 aliphatic rings. The topological polar surface area (TPSA) is 139 Å². The van der Waals surface area contributed by atoms with Gasteiger partial charge in [0.2, 0.25) is 0 Å². The van der Waals surface area contributed by atoms with Gasteiger partial charge in [-0.05, 0) is 65.2 Å². The van der Waals surface area contributed by atoms with Gasteiger partial charge in [0, 0.05) is 41.3 Å². The summed E-state index contributed by atoms with van der Waals surface area (Å²) in [5.74, 6) is -2.53. The van der Waals surface area contributed by atoms with Crippen molar-refractivity contribution in [1.82, 2.24) is 10.4 Å². The molecule has 0 atom stereocenters. The number of aryl methyl sites for hydroxylation is 1. The second-order valence-corrected chi connectivity index (χ2v) is 10.7. The minimum atomic E-state index is -1.19. The van der Waals surface area contributed by atoms with Gasteiger partial charge in [-0.3, -0.25) is 14.4 Å². The maximum atomic E-state index is 13.1. The first-order valence-corrected chi connectivity index (χ1v) is 14.0. The summed E-state index contributed by atoms with van der Waals surface area (Å²) in [5, 5.41) is 14.9. The van der Waals surface area contributed by atoms with Gasteiger partial charge in [-0.15, -0.1) is 5.06 Å². The van der Waals surface area contributed by atoms with E-state index in [0.717, 1.165) is 16.3 Å². The van der Waals surface area contributed by atoms with Crippen LogP contribution in [0.1, 0.15) is 66.2 Å². The maximum absolute atomic E-state index is 13.1. The van der Waals surface area contributed by atoms with E-state index in [9.17, 15) is 29.1 Å². The van der Waals surface area contributed by atoms with E-state index in [2.05, 4.69) is 11.9 Å². The first-order chi connectivity index (χ1) is 21.6. The van der Waals surface area contributed by atoms with Gasteiger partial charge in [-0.1, -0.05) is 49.0 Å². The van der Waals surface area contributed by atoms with Crippen LogP contribution in [0.25, 0.3) is 12.2 Å². The zero-order chi connectivity index (χ0) is 31.8. The third-order valence-electron chi connectivity index (χ3n) is 7.55. The molecule has 2 heterocycles. The summed E-state index contributed by atoms with van der Waals surface area (Å²) in [6, 6.07) is 21.8. The summed E-state index contributed by atoms with van der Waals surface area (Å²) in [6.45, 7) is 6.01. The number of benzene rings is 4. The lowest BCUT2D eigenvalue weighted by Crippen LogP contribution is -2.32. The Morgan fingerprint density at radius 3 is 2.27 bits per heavy atom. The van der Waals surface area contributed by atoms with E-state index >= 15 is 0 Å². The fourth-order valence-electron chi connectivity index (χ4n) is 5.25. The number of ether oxygens (including phenoxy) is 1. The van der Waals surface area contributed by atoms with Crippen LogP contribution in [0.2, 0.25) is 0 Å². The first kappa shape index (κ1) is 29.1. The van der Waals surface area contributed by atoms with Crippen molar-refractivity contribution >= 4 is 41.8 Å². The highest BCUT2D eigenvalue weighted by Gasteiger charge is 2.33. The molecule has 1 fully saturated rings. The van der Waals surface area contributed by atoms with Crippen LogP contribution in [0.15, 0.2) is 78.9 Å². The summed E-state index contributed by atoms with van der Waals surface area (Å²) in [7, 11) is 0. The molecule has 0 spiro atoms. The Kier molecular flexibility index (Phi) is 7.47. The highest BCUT2D eigenvalue weighted by Crippen LogP contribution is 2.37. The van der Waals surface area contributed by atoms with Crippen LogP contribution in [-0.2, 0) is 21.0 Å². The van der Waals surface area contributed by atoms with E-state index in [1.807, 2.05) is 37.3 Å². The van der Waals surface area contributed by atoms with Crippen molar-refractivity contribution in [2.24, 2.45) is 0 Å². The minimum absolute atomic E-state index is 0.00488. The predicted octanol–water partition coefficient (Wildman–Crippen LogP) is 3.61. The summed E-state index contributed by atoms with van der Waals surface area (Å²) in [6.07, 6.45) is -0.00975. The fourth-order valence-corrected chi connectivity index (χ4v) is 5.25. The van der Waals surface area contributed by atoms with Crippen molar-refractivity contribution in [1.29, 1.82) is 0 Å². The zero-order valence-corrected chi connectivity index (χ0v) is 24.1. The van der Waals surface area contributed by atoms with Gasteiger partial charge in [-0.2, -0.15) is 0 Å². The molecule has 224 valence electrons. The van der Waals surface area contributed by atoms with Gasteiger partial charge in [0.15, 0.2) is 0 Å². The zero-order valence-electron chi connectivity index (χ0n) is 24.1. The number of carbonyl (C=O) groups excluding carboxylic acids is 4. The van der Waals surface area contributed by atoms with E-state index < -0.39 is 29.7 Å². The Bertz CT molecular complexity index is 2030. The monoisotopic (exact) mass is 602 g/mol. The minimum Gasteiger partial charge on any atom is -0.478 e. The molecule has 0 bridgehead atoms. The van der Waals surface area contributed by atoms with Gasteiger partial charge in [0.05, 0.1) is 11.1 Å². The van der Waals surface area contributed by atoms with Crippen molar-refractivity contribution in [3.8, 4) is 11.5 Å². The number of carboxylic acid groups (broad SMARTS) is 1. The third-order valence-corrected chi connectivity index (χ3v) is 7.55. The Morgan fingerprint density at radius 2 is 1.56 bits per heavy atom. The number of imide groups is 1. The number of rotatable bonds is 7. The molecule has 10 heteroatoms. The summed E-state index contributed by atoms with van der Waals surface area (Å²) in [4.78, 5) is 66.3. The smallest absolute Gasteiger partial charge is 0.363 e. The molecule has 0 radical (unpaired) electrons. The highest BCUT2D eigenvalue weighted by molar-refractivity contribution is 6.03. The maximum Gasteiger partial charge on any atom is 0.363 e. The molecule has 2 N–H and O–H groups in total. The van der Waals surface area contributed by atoms with Gasteiger partial charge in [0.25, 0.3) is 17.7 Å². The standard InChI is InChI=1S/C35H26N2O8/c1-19-3-10-25-28(15-19)44-29-16-20(2)4-11-26(29)32(25)24-12-9-23(17-27(24)34(41)42)33(40)36-18-21-5-7-22(8-6-21)35(43)45-37-30(38)13-14-31(37)39/h3-12,15-17H,1,13-14,18H2,2H3,(H,36,40)(H,41,42). The Morgan fingerprint density at radius 1 is 0.867 bits per heavy atom. The molecule has 0 aromatic heterocycles. The molecule has 0 saturated carbocycles. The SMILES string of the molecule is C=c1ccc2c(c1)Oc1cc(C)ccc1C=2c1ccc(C(=O)NCc2ccc(C(=O)ON3C(=O)CCC3=O)cc2)cc1C(=O)O. The van der Waals surface area contributed by atoms with E-state index in [4.69, 9.17) is 9.57 Å². The molecule has 10 nitrogen and oxygen atoms in total. The second-order valence-electron chi connectivity index (χ2n) is 10.7. The Hall–Kier alpha value is -6.03. The molecule has 1 saturated heterocycles. The van der Waals surface area contributed by atoms with Crippen LogP contribution >= 0.6 is 0 Å². The normalized spacial score (nSPS) is 13.5. The number of nitrogens with one attached hydrogen (secondary N) is 1. The van der Waals surface area contributed by atoms with Crippen LogP contribution in [-0.4, -0.2) is 39.8 Å². The molecule has 45 heavy (non-hydrogen) atoms. The van der Waals surface area contributed by atoms with Crippen LogP contribution in [0.3, 0.4) is 0 Å².